The van der Waals surface area contributed by atoms with Crippen molar-refractivity contribution in [3.05, 3.63) is 78.7 Å². The summed E-state index contributed by atoms with van der Waals surface area (Å²) in [6, 6.07) is 11.5. The first-order valence-electron chi connectivity index (χ1n) is 7.98. The normalized spacial score (nSPS) is 10.7. The van der Waals surface area contributed by atoms with E-state index >= 15 is 0 Å². The highest BCUT2D eigenvalue weighted by Gasteiger charge is 2.15. The Hall–Kier alpha value is -2.24. The third kappa shape index (κ3) is 3.89. The smallest absolute Gasteiger partial charge is 0.252 e. The molecule has 0 aliphatic heterocycles. The van der Waals surface area contributed by atoms with E-state index in [1.54, 1.807) is 0 Å². The number of hydrogen-bond donors (Lipinski definition) is 1. The van der Waals surface area contributed by atoms with Crippen LogP contribution in [0.1, 0.15) is 46.5 Å². The van der Waals surface area contributed by atoms with Crippen LogP contribution in [-0.4, -0.2) is 11.7 Å². The molecule has 1 aromatic carbocycles. The second-order valence-corrected chi connectivity index (χ2v) is 8.14. The first kappa shape index (κ1) is 17.6. The maximum absolute atomic E-state index is 12.5. The predicted octanol–water partition coefficient (Wildman–Crippen LogP) is 4.90. The predicted molar refractivity (Wildman–Crippen MR) is 104 cm³/mol. The van der Waals surface area contributed by atoms with E-state index in [1.807, 2.05) is 62.5 Å². The number of thiophene rings is 2. The van der Waals surface area contributed by atoms with Crippen molar-refractivity contribution in [2.45, 2.75) is 27.3 Å². The molecule has 0 saturated heterocycles. The minimum atomic E-state index is -0.0745. The Morgan fingerprint density at radius 2 is 1.72 bits per heavy atom. The van der Waals surface area contributed by atoms with Crippen molar-refractivity contribution < 1.29 is 9.59 Å². The molecule has 128 valence electrons. The summed E-state index contributed by atoms with van der Waals surface area (Å²) >= 11 is 2.87. The van der Waals surface area contributed by atoms with Gasteiger partial charge < -0.3 is 5.32 Å². The fraction of sp³-hybridized carbons (Fsp3) is 0.200. The molecule has 1 amide bonds. The number of rotatable bonds is 5. The summed E-state index contributed by atoms with van der Waals surface area (Å²) in [7, 11) is 0. The van der Waals surface area contributed by atoms with Crippen molar-refractivity contribution in [3.63, 3.8) is 0 Å². The van der Waals surface area contributed by atoms with Crippen LogP contribution in [0.5, 0.6) is 0 Å². The van der Waals surface area contributed by atoms with E-state index in [1.165, 1.54) is 22.7 Å². The van der Waals surface area contributed by atoms with Crippen LogP contribution in [0.15, 0.2) is 41.8 Å². The van der Waals surface area contributed by atoms with Gasteiger partial charge in [-0.05, 0) is 55.5 Å². The van der Waals surface area contributed by atoms with Gasteiger partial charge in [0.1, 0.15) is 0 Å². The van der Waals surface area contributed by atoms with Gasteiger partial charge in [0.2, 0.25) is 5.78 Å². The van der Waals surface area contributed by atoms with Crippen LogP contribution in [0, 0.1) is 20.8 Å². The minimum absolute atomic E-state index is 0.0443. The van der Waals surface area contributed by atoms with Crippen molar-refractivity contribution >= 4 is 34.4 Å². The second-order valence-electron chi connectivity index (χ2n) is 6.03. The molecular formula is C20H19NO2S2. The van der Waals surface area contributed by atoms with E-state index in [0.717, 1.165) is 32.0 Å². The van der Waals surface area contributed by atoms with Crippen LogP contribution in [0.4, 0.5) is 0 Å². The van der Waals surface area contributed by atoms with Gasteiger partial charge in [0.25, 0.3) is 5.91 Å². The van der Waals surface area contributed by atoms with Crippen LogP contribution in [0.25, 0.3) is 0 Å². The molecule has 0 saturated carbocycles. The summed E-state index contributed by atoms with van der Waals surface area (Å²) in [6.07, 6.45) is 0. The zero-order valence-corrected chi connectivity index (χ0v) is 16.0. The molecule has 0 aliphatic rings. The lowest BCUT2D eigenvalue weighted by Gasteiger charge is -2.11. The van der Waals surface area contributed by atoms with Gasteiger partial charge in [-0.15, -0.1) is 22.7 Å². The van der Waals surface area contributed by atoms with Crippen LogP contribution in [0.3, 0.4) is 0 Å². The van der Waals surface area contributed by atoms with Gasteiger partial charge in [0.05, 0.1) is 16.3 Å². The Labute approximate surface area is 155 Å². The number of ketones is 1. The molecule has 3 aromatic rings. The Bertz CT molecular complexity index is 900. The molecule has 0 radical (unpaired) electrons. The third-order valence-electron chi connectivity index (χ3n) is 3.96. The van der Waals surface area contributed by atoms with Crippen molar-refractivity contribution in [1.29, 1.82) is 0 Å². The molecule has 0 fully saturated rings. The van der Waals surface area contributed by atoms with Crippen LogP contribution >= 0.6 is 22.7 Å². The van der Waals surface area contributed by atoms with E-state index in [9.17, 15) is 9.59 Å². The molecular weight excluding hydrogens is 350 g/mol. The van der Waals surface area contributed by atoms with Gasteiger partial charge in [-0.25, -0.2) is 0 Å². The molecule has 0 atom stereocenters. The largest absolute Gasteiger partial charge is 0.347 e. The molecule has 1 N–H and O–H groups in total. The zero-order chi connectivity index (χ0) is 18.0. The maximum Gasteiger partial charge on any atom is 0.252 e. The highest BCUT2D eigenvalue weighted by Crippen LogP contribution is 2.23. The lowest BCUT2D eigenvalue weighted by Crippen LogP contribution is -2.24. The Morgan fingerprint density at radius 1 is 1.00 bits per heavy atom. The quantitative estimate of drug-likeness (QED) is 0.651. The van der Waals surface area contributed by atoms with Gasteiger partial charge in [0, 0.05) is 10.4 Å². The Balaban J connectivity index is 1.69. The van der Waals surface area contributed by atoms with Crippen molar-refractivity contribution in [2.75, 3.05) is 0 Å². The fourth-order valence-electron chi connectivity index (χ4n) is 2.92. The van der Waals surface area contributed by atoms with Crippen molar-refractivity contribution in [3.8, 4) is 0 Å². The highest BCUT2D eigenvalue weighted by molar-refractivity contribution is 7.16. The van der Waals surface area contributed by atoms with Gasteiger partial charge in [0.15, 0.2) is 0 Å². The summed E-state index contributed by atoms with van der Waals surface area (Å²) in [5.41, 5.74) is 3.85. The van der Waals surface area contributed by atoms with Gasteiger partial charge in [-0.3, -0.25) is 9.59 Å². The summed E-state index contributed by atoms with van der Waals surface area (Å²) in [4.78, 5) is 27.3. The van der Waals surface area contributed by atoms with Gasteiger partial charge >= 0.3 is 0 Å². The van der Waals surface area contributed by atoms with E-state index < -0.39 is 0 Å². The molecule has 0 aliphatic carbocycles. The van der Waals surface area contributed by atoms with Crippen molar-refractivity contribution in [1.82, 2.24) is 5.32 Å². The van der Waals surface area contributed by atoms with E-state index in [-0.39, 0.29) is 11.7 Å². The standard InChI is InChI=1S/C20H19NO2S2/c1-12-9-13(2)18(14(3)10-12)20(23)21-11-15-6-7-17(25-15)19(22)16-5-4-8-24-16/h4-10H,11H2,1-3H3,(H,21,23). The van der Waals surface area contributed by atoms with Crippen LogP contribution in [0.2, 0.25) is 0 Å². The number of carbonyl (C=O) groups is 2. The fourth-order valence-corrected chi connectivity index (χ4v) is 4.56. The highest BCUT2D eigenvalue weighted by atomic mass is 32.1. The number of hydrogen-bond acceptors (Lipinski definition) is 4. The molecule has 5 heteroatoms. The number of carbonyl (C=O) groups excluding carboxylic acids is 2. The SMILES string of the molecule is Cc1cc(C)c(C(=O)NCc2ccc(C(=O)c3cccs3)s2)c(C)c1. The minimum Gasteiger partial charge on any atom is -0.347 e. The third-order valence-corrected chi connectivity index (χ3v) is 5.91. The summed E-state index contributed by atoms with van der Waals surface area (Å²) in [5.74, 6) is -0.0302. The van der Waals surface area contributed by atoms with Gasteiger partial charge in [-0.1, -0.05) is 23.8 Å². The maximum atomic E-state index is 12.5. The summed E-state index contributed by atoms with van der Waals surface area (Å²) < 4.78 is 0. The van der Waals surface area contributed by atoms with Crippen molar-refractivity contribution in [2.24, 2.45) is 0 Å². The first-order chi connectivity index (χ1) is 12.0. The average Bonchev–Trinajstić information content (AvgIpc) is 3.23. The second kappa shape index (κ2) is 7.33. The average molecular weight is 370 g/mol. The summed E-state index contributed by atoms with van der Waals surface area (Å²) in [6.45, 7) is 6.36. The number of aryl methyl sites for hydroxylation is 3. The molecule has 2 aromatic heterocycles. The lowest BCUT2D eigenvalue weighted by molar-refractivity contribution is 0.0949. The number of amides is 1. The molecule has 2 heterocycles. The number of nitrogens with one attached hydrogen (secondary N) is 1. The van der Waals surface area contributed by atoms with E-state index in [4.69, 9.17) is 0 Å². The first-order valence-corrected chi connectivity index (χ1v) is 9.68. The molecule has 3 rings (SSSR count). The molecule has 25 heavy (non-hydrogen) atoms. The van der Waals surface area contributed by atoms with E-state index in [0.29, 0.717) is 11.4 Å². The molecule has 0 bridgehead atoms. The van der Waals surface area contributed by atoms with Crippen LogP contribution < -0.4 is 5.32 Å². The van der Waals surface area contributed by atoms with Crippen LogP contribution in [-0.2, 0) is 6.54 Å². The van der Waals surface area contributed by atoms with Gasteiger partial charge in [-0.2, -0.15) is 0 Å². The Kier molecular flexibility index (Phi) is 5.16. The topological polar surface area (TPSA) is 46.2 Å². The summed E-state index contributed by atoms with van der Waals surface area (Å²) in [5, 5.41) is 4.86. The number of benzene rings is 1. The lowest BCUT2D eigenvalue weighted by atomic mass is 9.99. The molecule has 3 nitrogen and oxygen atoms in total. The zero-order valence-electron chi connectivity index (χ0n) is 14.4. The molecule has 0 spiro atoms. The monoisotopic (exact) mass is 369 g/mol. The molecule has 0 unspecified atom stereocenters. The Morgan fingerprint density at radius 3 is 2.36 bits per heavy atom. The van der Waals surface area contributed by atoms with E-state index in [2.05, 4.69) is 5.32 Å².